The summed E-state index contributed by atoms with van der Waals surface area (Å²) in [5.74, 6) is -2.41. The lowest BCUT2D eigenvalue weighted by atomic mass is 10.2. The number of nitrogens with one attached hydrogen (secondary N) is 1. The van der Waals surface area contributed by atoms with E-state index in [1.807, 2.05) is 24.3 Å². The number of amides is 2. The molecule has 0 spiro atoms. The standard InChI is InChI=1S/C23H23F2N3O3S/c24-15-9-10-17(18(25)13-15)22(30)26-11-3-8-21(29)28(14-16-5-4-12-31-16)23-27-19-6-1-2-7-20(19)32-23/h1-2,6-7,9-10,13,16H,3-5,8,11-12,14H2,(H,26,30). The monoisotopic (exact) mass is 459 g/mol. The fourth-order valence-corrected chi connectivity index (χ4v) is 4.59. The molecule has 2 aromatic carbocycles. The molecule has 32 heavy (non-hydrogen) atoms. The molecule has 9 heteroatoms. The van der Waals surface area contributed by atoms with Gasteiger partial charge in [-0.2, -0.15) is 0 Å². The molecule has 1 saturated heterocycles. The van der Waals surface area contributed by atoms with Crippen molar-refractivity contribution in [2.45, 2.75) is 31.8 Å². The van der Waals surface area contributed by atoms with Crippen LogP contribution < -0.4 is 10.2 Å². The molecule has 3 aromatic rings. The lowest BCUT2D eigenvalue weighted by Crippen LogP contribution is -2.37. The summed E-state index contributed by atoms with van der Waals surface area (Å²) in [6.07, 6.45) is 2.41. The zero-order valence-electron chi connectivity index (χ0n) is 17.4. The number of carbonyl (C=O) groups excluding carboxylic acids is 2. The molecule has 1 unspecified atom stereocenters. The van der Waals surface area contributed by atoms with Crippen molar-refractivity contribution in [3.8, 4) is 0 Å². The second kappa shape index (κ2) is 10.1. The van der Waals surface area contributed by atoms with Crippen LogP contribution in [0, 0.1) is 11.6 Å². The molecule has 1 N–H and O–H groups in total. The zero-order valence-corrected chi connectivity index (χ0v) is 18.2. The lowest BCUT2D eigenvalue weighted by molar-refractivity contribution is -0.119. The summed E-state index contributed by atoms with van der Waals surface area (Å²) >= 11 is 1.46. The van der Waals surface area contributed by atoms with Crippen LogP contribution in [-0.2, 0) is 9.53 Å². The van der Waals surface area contributed by atoms with E-state index in [0.29, 0.717) is 30.8 Å². The molecule has 1 aromatic heterocycles. The van der Waals surface area contributed by atoms with Gasteiger partial charge in [-0.3, -0.25) is 14.5 Å². The molecule has 1 aliphatic rings. The van der Waals surface area contributed by atoms with E-state index in [2.05, 4.69) is 10.3 Å². The van der Waals surface area contributed by atoms with Crippen LogP contribution >= 0.6 is 11.3 Å². The number of fused-ring (bicyclic) bond motifs is 1. The van der Waals surface area contributed by atoms with Gasteiger partial charge in [0.05, 0.1) is 28.4 Å². The van der Waals surface area contributed by atoms with Crippen molar-refractivity contribution in [2.24, 2.45) is 0 Å². The smallest absolute Gasteiger partial charge is 0.254 e. The molecular formula is C23H23F2N3O3S. The predicted octanol–water partition coefficient (Wildman–Crippen LogP) is 4.30. The van der Waals surface area contributed by atoms with Gasteiger partial charge in [-0.05, 0) is 43.5 Å². The summed E-state index contributed by atoms with van der Waals surface area (Å²) in [6, 6.07) is 10.5. The third-order valence-corrected chi connectivity index (χ3v) is 6.31. The molecular weight excluding hydrogens is 436 g/mol. The van der Waals surface area contributed by atoms with Crippen LogP contribution in [0.1, 0.15) is 36.0 Å². The van der Waals surface area contributed by atoms with Gasteiger partial charge in [0, 0.05) is 25.6 Å². The normalized spacial score (nSPS) is 15.8. The van der Waals surface area contributed by atoms with E-state index in [4.69, 9.17) is 4.74 Å². The summed E-state index contributed by atoms with van der Waals surface area (Å²) in [7, 11) is 0. The van der Waals surface area contributed by atoms with E-state index < -0.39 is 17.5 Å². The molecule has 2 heterocycles. The molecule has 0 bridgehead atoms. The molecule has 4 rings (SSSR count). The number of halogens is 2. The molecule has 168 valence electrons. The highest BCUT2D eigenvalue weighted by molar-refractivity contribution is 7.22. The van der Waals surface area contributed by atoms with Crippen molar-refractivity contribution in [2.75, 3.05) is 24.6 Å². The Morgan fingerprint density at radius 1 is 1.22 bits per heavy atom. The molecule has 1 aliphatic heterocycles. The maximum absolute atomic E-state index is 13.7. The fraction of sp³-hybridized carbons (Fsp3) is 0.348. The Morgan fingerprint density at radius 3 is 2.81 bits per heavy atom. The van der Waals surface area contributed by atoms with E-state index in [1.54, 1.807) is 4.90 Å². The number of thiazole rings is 1. The number of nitrogens with zero attached hydrogens (tertiary/aromatic N) is 2. The third kappa shape index (κ3) is 5.28. The van der Waals surface area contributed by atoms with Crippen LogP contribution in [-0.4, -0.2) is 42.6 Å². The minimum atomic E-state index is -0.919. The number of hydrogen-bond acceptors (Lipinski definition) is 5. The summed E-state index contributed by atoms with van der Waals surface area (Å²) in [6.45, 7) is 1.32. The maximum atomic E-state index is 13.7. The minimum absolute atomic E-state index is 0.0212. The minimum Gasteiger partial charge on any atom is -0.376 e. The zero-order chi connectivity index (χ0) is 22.5. The first-order chi connectivity index (χ1) is 15.5. The van der Waals surface area contributed by atoms with Crippen molar-refractivity contribution >= 4 is 38.5 Å². The Bertz CT molecular complexity index is 1080. The van der Waals surface area contributed by atoms with Crippen molar-refractivity contribution in [1.29, 1.82) is 0 Å². The Morgan fingerprint density at radius 2 is 2.06 bits per heavy atom. The highest BCUT2D eigenvalue weighted by Gasteiger charge is 2.26. The number of carbonyl (C=O) groups is 2. The molecule has 0 aliphatic carbocycles. The quantitative estimate of drug-likeness (QED) is 0.510. The fourth-order valence-electron chi connectivity index (χ4n) is 3.60. The summed E-state index contributed by atoms with van der Waals surface area (Å²) in [4.78, 5) is 31.4. The van der Waals surface area contributed by atoms with Gasteiger partial charge >= 0.3 is 0 Å². The first-order valence-electron chi connectivity index (χ1n) is 10.5. The van der Waals surface area contributed by atoms with Gasteiger partial charge in [0.2, 0.25) is 5.91 Å². The first-order valence-corrected chi connectivity index (χ1v) is 11.3. The number of para-hydroxylation sites is 1. The lowest BCUT2D eigenvalue weighted by Gasteiger charge is -2.23. The first kappa shape index (κ1) is 22.3. The summed E-state index contributed by atoms with van der Waals surface area (Å²) in [5, 5.41) is 3.21. The van der Waals surface area contributed by atoms with Crippen LogP contribution in [0.5, 0.6) is 0 Å². The van der Waals surface area contributed by atoms with E-state index in [9.17, 15) is 18.4 Å². The Labute approximate surface area is 188 Å². The van der Waals surface area contributed by atoms with Gasteiger partial charge in [0.15, 0.2) is 5.13 Å². The van der Waals surface area contributed by atoms with E-state index in [0.717, 1.165) is 35.2 Å². The topological polar surface area (TPSA) is 71.5 Å². The predicted molar refractivity (Wildman–Crippen MR) is 119 cm³/mol. The van der Waals surface area contributed by atoms with Crippen molar-refractivity contribution in [1.82, 2.24) is 10.3 Å². The van der Waals surface area contributed by atoms with Gasteiger partial charge in [0.1, 0.15) is 11.6 Å². The molecule has 0 radical (unpaired) electrons. The van der Waals surface area contributed by atoms with Crippen molar-refractivity contribution in [3.63, 3.8) is 0 Å². The molecule has 0 saturated carbocycles. The average molecular weight is 460 g/mol. The Hall–Kier alpha value is -2.91. The van der Waals surface area contributed by atoms with E-state index in [1.165, 1.54) is 11.3 Å². The second-order valence-corrected chi connectivity index (χ2v) is 8.60. The highest BCUT2D eigenvalue weighted by Crippen LogP contribution is 2.30. The highest BCUT2D eigenvalue weighted by atomic mass is 32.1. The molecule has 6 nitrogen and oxygen atoms in total. The van der Waals surface area contributed by atoms with Crippen LogP contribution in [0.3, 0.4) is 0 Å². The van der Waals surface area contributed by atoms with Crippen LogP contribution in [0.4, 0.5) is 13.9 Å². The Kier molecular flexibility index (Phi) is 7.06. The molecule has 1 fully saturated rings. The largest absolute Gasteiger partial charge is 0.376 e. The van der Waals surface area contributed by atoms with Gasteiger partial charge in [-0.25, -0.2) is 13.8 Å². The van der Waals surface area contributed by atoms with Crippen LogP contribution in [0.25, 0.3) is 10.2 Å². The van der Waals surface area contributed by atoms with E-state index in [-0.39, 0.29) is 30.5 Å². The van der Waals surface area contributed by atoms with Gasteiger partial charge in [-0.15, -0.1) is 0 Å². The number of anilines is 1. The number of aromatic nitrogens is 1. The van der Waals surface area contributed by atoms with E-state index >= 15 is 0 Å². The number of hydrogen-bond donors (Lipinski definition) is 1. The number of ether oxygens (including phenoxy) is 1. The van der Waals surface area contributed by atoms with Gasteiger partial charge in [0.25, 0.3) is 5.91 Å². The number of rotatable bonds is 8. The SMILES string of the molecule is O=C(NCCCC(=O)N(CC1CCCO1)c1nc2ccccc2s1)c1ccc(F)cc1F. The third-order valence-electron chi connectivity index (χ3n) is 5.25. The van der Waals surface area contributed by atoms with Crippen molar-refractivity contribution < 1.29 is 23.1 Å². The second-order valence-electron chi connectivity index (χ2n) is 7.59. The number of benzene rings is 2. The summed E-state index contributed by atoms with van der Waals surface area (Å²) < 4.78 is 33.5. The average Bonchev–Trinajstić information content (AvgIpc) is 3.44. The Balaban J connectivity index is 1.37. The van der Waals surface area contributed by atoms with Crippen molar-refractivity contribution in [3.05, 3.63) is 59.7 Å². The van der Waals surface area contributed by atoms with Crippen LogP contribution in [0.2, 0.25) is 0 Å². The van der Waals surface area contributed by atoms with Gasteiger partial charge in [-0.1, -0.05) is 23.5 Å². The van der Waals surface area contributed by atoms with Gasteiger partial charge < -0.3 is 10.1 Å². The maximum Gasteiger partial charge on any atom is 0.254 e. The summed E-state index contributed by atoms with van der Waals surface area (Å²) in [5.41, 5.74) is 0.610. The molecule has 1 atom stereocenters. The van der Waals surface area contributed by atoms with Crippen LogP contribution in [0.15, 0.2) is 42.5 Å². The molecule has 2 amide bonds.